The predicted octanol–water partition coefficient (Wildman–Crippen LogP) is 2.45. The second-order valence-corrected chi connectivity index (χ2v) is 5.62. The Morgan fingerprint density at radius 3 is 2.85 bits per heavy atom. The smallest absolute Gasteiger partial charge is 0.335 e. The first-order chi connectivity index (χ1) is 12.6. The molecule has 3 N–H and O–H groups in total. The van der Waals surface area contributed by atoms with Crippen LogP contribution in [0.15, 0.2) is 41.3 Å². The van der Waals surface area contributed by atoms with Gasteiger partial charge in [0, 0.05) is 18.3 Å². The Morgan fingerprint density at radius 2 is 2.15 bits per heavy atom. The summed E-state index contributed by atoms with van der Waals surface area (Å²) in [5, 5.41) is 16.7. The minimum Gasteiger partial charge on any atom is -0.478 e. The standard InChI is InChI=1S/C17H14N6O3/c1-2-23-14-11(9-4-3-5-10(6-9)17(24)25)7-19-8-12(14)20-16(23)13-15(18)22-26-21-13/h3-8H,2H2,1H3,(H2,18,22)(H,24,25). The number of aryl methyl sites for hydroxylation is 1. The van der Waals surface area contributed by atoms with Crippen LogP contribution in [0.3, 0.4) is 0 Å². The van der Waals surface area contributed by atoms with E-state index < -0.39 is 5.97 Å². The van der Waals surface area contributed by atoms with E-state index in [0.717, 1.165) is 16.6 Å². The van der Waals surface area contributed by atoms with Crippen LogP contribution in [0.25, 0.3) is 33.7 Å². The highest BCUT2D eigenvalue weighted by molar-refractivity contribution is 5.96. The Morgan fingerprint density at radius 1 is 1.31 bits per heavy atom. The molecule has 3 heterocycles. The summed E-state index contributed by atoms with van der Waals surface area (Å²) < 4.78 is 6.62. The quantitative estimate of drug-likeness (QED) is 0.573. The lowest BCUT2D eigenvalue weighted by Crippen LogP contribution is -2.01. The molecule has 4 rings (SSSR count). The minimum absolute atomic E-state index is 0.150. The highest BCUT2D eigenvalue weighted by atomic mass is 16.6. The number of nitrogens with zero attached hydrogens (tertiary/aromatic N) is 5. The average Bonchev–Trinajstić information content (AvgIpc) is 3.24. The van der Waals surface area contributed by atoms with Gasteiger partial charge in [-0.2, -0.15) is 0 Å². The zero-order chi connectivity index (χ0) is 18.3. The maximum Gasteiger partial charge on any atom is 0.335 e. The van der Waals surface area contributed by atoms with Crippen LogP contribution in [0.5, 0.6) is 0 Å². The summed E-state index contributed by atoms with van der Waals surface area (Å²) in [6.45, 7) is 2.56. The SMILES string of the molecule is CCn1c(-c2nonc2N)nc2cncc(-c3cccc(C(=O)O)c3)c21. The van der Waals surface area contributed by atoms with Crippen molar-refractivity contribution in [3.05, 3.63) is 42.2 Å². The summed E-state index contributed by atoms with van der Waals surface area (Å²) in [6.07, 6.45) is 3.32. The fourth-order valence-electron chi connectivity index (χ4n) is 2.96. The highest BCUT2D eigenvalue weighted by Gasteiger charge is 2.21. The van der Waals surface area contributed by atoms with Crippen LogP contribution < -0.4 is 5.73 Å². The number of anilines is 1. The van der Waals surface area contributed by atoms with E-state index in [4.69, 9.17) is 10.4 Å². The van der Waals surface area contributed by atoms with Crippen molar-refractivity contribution in [2.75, 3.05) is 5.73 Å². The summed E-state index contributed by atoms with van der Waals surface area (Å²) >= 11 is 0. The van der Waals surface area contributed by atoms with E-state index in [1.807, 2.05) is 17.6 Å². The minimum atomic E-state index is -0.988. The van der Waals surface area contributed by atoms with E-state index in [0.29, 0.717) is 23.6 Å². The lowest BCUT2D eigenvalue weighted by Gasteiger charge is -2.09. The van der Waals surface area contributed by atoms with Gasteiger partial charge in [0.15, 0.2) is 17.3 Å². The van der Waals surface area contributed by atoms with Crippen molar-refractivity contribution in [3.8, 4) is 22.6 Å². The number of hydrogen-bond acceptors (Lipinski definition) is 7. The first-order valence-electron chi connectivity index (χ1n) is 7.86. The topological polar surface area (TPSA) is 133 Å². The third kappa shape index (κ3) is 2.37. The highest BCUT2D eigenvalue weighted by Crippen LogP contribution is 2.33. The number of hydrogen-bond donors (Lipinski definition) is 2. The molecule has 0 unspecified atom stereocenters. The van der Waals surface area contributed by atoms with Gasteiger partial charge in [-0.3, -0.25) is 4.98 Å². The van der Waals surface area contributed by atoms with E-state index in [9.17, 15) is 9.90 Å². The van der Waals surface area contributed by atoms with Crippen molar-refractivity contribution in [1.29, 1.82) is 0 Å². The number of benzene rings is 1. The first-order valence-corrected chi connectivity index (χ1v) is 7.86. The van der Waals surface area contributed by atoms with E-state index in [1.165, 1.54) is 0 Å². The molecule has 0 radical (unpaired) electrons. The molecule has 0 atom stereocenters. The van der Waals surface area contributed by atoms with Gasteiger partial charge in [0.1, 0.15) is 5.52 Å². The second kappa shape index (κ2) is 5.96. The molecule has 9 nitrogen and oxygen atoms in total. The van der Waals surface area contributed by atoms with Crippen molar-refractivity contribution < 1.29 is 14.5 Å². The monoisotopic (exact) mass is 350 g/mol. The molecular formula is C17H14N6O3. The van der Waals surface area contributed by atoms with Gasteiger partial charge in [-0.1, -0.05) is 12.1 Å². The Labute approximate surface area is 147 Å². The number of carboxylic acid groups (broad SMARTS) is 1. The molecule has 1 aromatic carbocycles. The second-order valence-electron chi connectivity index (χ2n) is 5.62. The molecule has 0 amide bonds. The van der Waals surface area contributed by atoms with Crippen molar-refractivity contribution >= 4 is 22.8 Å². The van der Waals surface area contributed by atoms with Crippen molar-refractivity contribution in [1.82, 2.24) is 24.8 Å². The molecule has 26 heavy (non-hydrogen) atoms. The third-order valence-corrected chi connectivity index (χ3v) is 4.11. The number of aromatic carboxylic acids is 1. The lowest BCUT2D eigenvalue weighted by molar-refractivity contribution is 0.0697. The number of carbonyl (C=O) groups is 1. The van der Waals surface area contributed by atoms with Gasteiger partial charge in [0.25, 0.3) is 0 Å². The molecule has 130 valence electrons. The lowest BCUT2D eigenvalue weighted by atomic mass is 10.0. The van der Waals surface area contributed by atoms with Gasteiger partial charge >= 0.3 is 5.97 Å². The Bertz CT molecular complexity index is 1130. The molecule has 0 aliphatic carbocycles. The fraction of sp³-hybridized carbons (Fsp3) is 0.118. The van der Waals surface area contributed by atoms with Crippen LogP contribution in [0.4, 0.5) is 5.82 Å². The molecule has 0 aliphatic rings. The third-order valence-electron chi connectivity index (χ3n) is 4.11. The Balaban J connectivity index is 2.00. The zero-order valence-corrected chi connectivity index (χ0v) is 13.7. The number of aromatic nitrogens is 5. The van der Waals surface area contributed by atoms with Crippen LogP contribution in [0.1, 0.15) is 17.3 Å². The van der Waals surface area contributed by atoms with Crippen molar-refractivity contribution in [2.45, 2.75) is 13.5 Å². The summed E-state index contributed by atoms with van der Waals surface area (Å²) in [5.74, 6) is -0.319. The number of nitrogen functional groups attached to an aromatic ring is 1. The van der Waals surface area contributed by atoms with Crippen LogP contribution in [0, 0.1) is 0 Å². The van der Waals surface area contributed by atoms with Crippen LogP contribution in [0.2, 0.25) is 0 Å². The fourth-order valence-corrected chi connectivity index (χ4v) is 2.96. The molecule has 4 aromatic rings. The Hall–Kier alpha value is -3.75. The van der Waals surface area contributed by atoms with Crippen LogP contribution in [-0.4, -0.2) is 35.9 Å². The van der Waals surface area contributed by atoms with Crippen LogP contribution in [-0.2, 0) is 6.54 Å². The molecule has 0 spiro atoms. The number of rotatable bonds is 4. The van der Waals surface area contributed by atoms with E-state index in [2.05, 4.69) is 20.3 Å². The van der Waals surface area contributed by atoms with Crippen molar-refractivity contribution in [3.63, 3.8) is 0 Å². The molecule has 0 aliphatic heterocycles. The number of pyridine rings is 1. The normalized spacial score (nSPS) is 11.1. The molecule has 0 fully saturated rings. The number of fused-ring (bicyclic) bond motifs is 1. The van der Waals surface area contributed by atoms with E-state index in [-0.39, 0.29) is 11.4 Å². The maximum atomic E-state index is 11.3. The Kier molecular flexibility index (Phi) is 3.61. The summed E-state index contributed by atoms with van der Waals surface area (Å²) in [5.41, 5.74) is 9.32. The van der Waals surface area contributed by atoms with Gasteiger partial charge in [-0.25, -0.2) is 14.4 Å². The summed E-state index contributed by atoms with van der Waals surface area (Å²) in [7, 11) is 0. The van der Waals surface area contributed by atoms with Gasteiger partial charge in [-0.05, 0) is 34.9 Å². The van der Waals surface area contributed by atoms with Gasteiger partial charge in [0.05, 0.1) is 17.3 Å². The van der Waals surface area contributed by atoms with Crippen molar-refractivity contribution in [2.24, 2.45) is 0 Å². The number of carboxylic acids is 1. The number of imidazole rings is 1. The largest absolute Gasteiger partial charge is 0.478 e. The summed E-state index contributed by atoms with van der Waals surface area (Å²) in [4.78, 5) is 20.1. The van der Waals surface area contributed by atoms with Crippen LogP contribution >= 0.6 is 0 Å². The maximum absolute atomic E-state index is 11.3. The van der Waals surface area contributed by atoms with Gasteiger partial charge < -0.3 is 15.4 Å². The molecular weight excluding hydrogens is 336 g/mol. The number of nitrogens with two attached hydrogens (primary N) is 1. The van der Waals surface area contributed by atoms with Gasteiger partial charge in [0.2, 0.25) is 0 Å². The van der Waals surface area contributed by atoms with Gasteiger partial charge in [-0.15, -0.1) is 0 Å². The molecule has 0 saturated carbocycles. The average molecular weight is 350 g/mol. The summed E-state index contributed by atoms with van der Waals surface area (Å²) in [6, 6.07) is 6.69. The zero-order valence-electron chi connectivity index (χ0n) is 13.7. The predicted molar refractivity (Wildman–Crippen MR) is 93.3 cm³/mol. The first kappa shape index (κ1) is 15.8. The van der Waals surface area contributed by atoms with E-state index >= 15 is 0 Å². The molecule has 0 bridgehead atoms. The van der Waals surface area contributed by atoms with E-state index in [1.54, 1.807) is 30.6 Å². The molecule has 3 aromatic heterocycles. The molecule has 9 heteroatoms. The molecule has 0 saturated heterocycles.